The van der Waals surface area contributed by atoms with Crippen LogP contribution in [0.3, 0.4) is 0 Å². The number of halogens is 2. The molecule has 172 valence electrons. The van der Waals surface area contributed by atoms with E-state index in [1.807, 2.05) is 6.92 Å². The molecule has 0 spiro atoms. The van der Waals surface area contributed by atoms with Gasteiger partial charge < -0.3 is 10.1 Å². The average Bonchev–Trinajstić information content (AvgIpc) is 2.77. The SMILES string of the molecule is CC(=NNS(=O)(=O)c1ccc(F)cc1)c1cccc(NC(=O)COc2ccc(Cl)cc2C)c1. The minimum Gasteiger partial charge on any atom is -0.483 e. The molecule has 3 rings (SSSR count). The number of hydrogen-bond donors (Lipinski definition) is 2. The Morgan fingerprint density at radius 1 is 1.09 bits per heavy atom. The summed E-state index contributed by atoms with van der Waals surface area (Å²) in [5.74, 6) is -0.353. The van der Waals surface area contributed by atoms with Gasteiger partial charge in [0.25, 0.3) is 15.9 Å². The van der Waals surface area contributed by atoms with Crippen LogP contribution in [-0.2, 0) is 14.8 Å². The maximum Gasteiger partial charge on any atom is 0.276 e. The number of sulfonamides is 1. The number of ether oxygens (including phenoxy) is 1. The first kappa shape index (κ1) is 24.2. The lowest BCUT2D eigenvalue weighted by Gasteiger charge is -2.11. The van der Waals surface area contributed by atoms with Crippen LogP contribution in [0.2, 0.25) is 5.02 Å². The van der Waals surface area contributed by atoms with E-state index in [9.17, 15) is 17.6 Å². The third-order valence-electron chi connectivity index (χ3n) is 4.52. The lowest BCUT2D eigenvalue weighted by atomic mass is 10.1. The van der Waals surface area contributed by atoms with Crippen molar-refractivity contribution in [3.05, 3.63) is 88.7 Å². The second kappa shape index (κ2) is 10.5. The van der Waals surface area contributed by atoms with Gasteiger partial charge in [-0.2, -0.15) is 18.4 Å². The van der Waals surface area contributed by atoms with Gasteiger partial charge in [0.15, 0.2) is 6.61 Å². The van der Waals surface area contributed by atoms with E-state index in [1.54, 1.807) is 49.4 Å². The Kier molecular flexibility index (Phi) is 7.67. The molecular weight excluding hydrogens is 469 g/mol. The zero-order chi connectivity index (χ0) is 24.0. The van der Waals surface area contributed by atoms with E-state index in [-0.39, 0.29) is 17.4 Å². The van der Waals surface area contributed by atoms with Crippen LogP contribution in [0.25, 0.3) is 0 Å². The van der Waals surface area contributed by atoms with Crippen molar-refractivity contribution in [1.29, 1.82) is 0 Å². The molecule has 0 fully saturated rings. The quantitative estimate of drug-likeness (QED) is 0.359. The molecule has 0 radical (unpaired) electrons. The van der Waals surface area contributed by atoms with Gasteiger partial charge in [0, 0.05) is 10.7 Å². The van der Waals surface area contributed by atoms with Crippen LogP contribution in [0.15, 0.2) is 76.7 Å². The van der Waals surface area contributed by atoms with Crippen molar-refractivity contribution in [3.8, 4) is 5.75 Å². The highest BCUT2D eigenvalue weighted by Gasteiger charge is 2.13. The third-order valence-corrected chi connectivity index (χ3v) is 5.98. The molecule has 0 bridgehead atoms. The van der Waals surface area contributed by atoms with Gasteiger partial charge in [0.1, 0.15) is 11.6 Å². The first-order valence-electron chi connectivity index (χ1n) is 9.75. The smallest absolute Gasteiger partial charge is 0.276 e. The van der Waals surface area contributed by atoms with E-state index in [4.69, 9.17) is 16.3 Å². The Morgan fingerprint density at radius 3 is 2.52 bits per heavy atom. The van der Waals surface area contributed by atoms with E-state index in [1.165, 1.54) is 0 Å². The highest BCUT2D eigenvalue weighted by atomic mass is 35.5. The van der Waals surface area contributed by atoms with Gasteiger partial charge in [-0.25, -0.2) is 4.39 Å². The summed E-state index contributed by atoms with van der Waals surface area (Å²) in [7, 11) is -3.95. The van der Waals surface area contributed by atoms with E-state index in [0.29, 0.717) is 27.7 Å². The van der Waals surface area contributed by atoms with Crippen LogP contribution in [0.4, 0.5) is 10.1 Å². The van der Waals surface area contributed by atoms with Crippen molar-refractivity contribution in [1.82, 2.24) is 4.83 Å². The van der Waals surface area contributed by atoms with Crippen molar-refractivity contribution in [2.45, 2.75) is 18.7 Å². The number of hydrazone groups is 1. The molecule has 0 atom stereocenters. The normalized spacial score (nSPS) is 11.7. The van der Waals surface area contributed by atoms with Crippen LogP contribution >= 0.6 is 11.6 Å². The predicted octanol–water partition coefficient (Wildman–Crippen LogP) is 4.51. The van der Waals surface area contributed by atoms with E-state index in [2.05, 4.69) is 15.2 Å². The third kappa shape index (κ3) is 6.77. The molecule has 0 aliphatic carbocycles. The lowest BCUT2D eigenvalue weighted by Crippen LogP contribution is -2.21. The fourth-order valence-electron chi connectivity index (χ4n) is 2.80. The number of anilines is 1. The molecule has 2 N–H and O–H groups in total. The van der Waals surface area contributed by atoms with Gasteiger partial charge >= 0.3 is 0 Å². The zero-order valence-electron chi connectivity index (χ0n) is 17.8. The molecule has 3 aromatic carbocycles. The molecule has 0 aliphatic heterocycles. The number of amides is 1. The second-order valence-electron chi connectivity index (χ2n) is 7.07. The molecule has 0 saturated heterocycles. The van der Waals surface area contributed by atoms with Gasteiger partial charge in [-0.3, -0.25) is 4.79 Å². The number of rotatable bonds is 8. The molecule has 0 aromatic heterocycles. The summed E-state index contributed by atoms with van der Waals surface area (Å²) >= 11 is 5.92. The molecule has 10 heteroatoms. The summed E-state index contributed by atoms with van der Waals surface area (Å²) in [5.41, 5.74) is 2.26. The minimum absolute atomic E-state index is 0.114. The van der Waals surface area contributed by atoms with Gasteiger partial charge in [-0.05, 0) is 79.6 Å². The summed E-state index contributed by atoms with van der Waals surface area (Å²) in [5, 5.41) is 7.22. The predicted molar refractivity (Wildman–Crippen MR) is 126 cm³/mol. The standard InChI is InChI=1S/C23H21ClFN3O4S/c1-15-12-18(24)6-11-22(15)32-14-23(29)26-20-5-3-4-17(13-20)16(2)27-28-33(30,31)21-9-7-19(25)8-10-21/h3-13,28H,14H2,1-2H3,(H,26,29). The second-order valence-corrected chi connectivity index (χ2v) is 9.17. The van der Waals surface area contributed by atoms with E-state index in [0.717, 1.165) is 29.8 Å². The van der Waals surface area contributed by atoms with Crippen LogP contribution in [0, 0.1) is 12.7 Å². The summed E-state index contributed by atoms with van der Waals surface area (Å²) in [6, 6.07) is 16.3. The number of hydrogen-bond acceptors (Lipinski definition) is 5. The number of aryl methyl sites for hydroxylation is 1. The number of carbonyl (C=O) groups is 1. The van der Waals surface area contributed by atoms with E-state index >= 15 is 0 Å². The summed E-state index contributed by atoms with van der Waals surface area (Å²) in [6.45, 7) is 3.24. The fourth-order valence-corrected chi connectivity index (χ4v) is 3.88. The molecular formula is C23H21ClFN3O4S. The molecule has 33 heavy (non-hydrogen) atoms. The topological polar surface area (TPSA) is 96.9 Å². The van der Waals surface area contributed by atoms with Crippen LogP contribution in [0.5, 0.6) is 5.75 Å². The van der Waals surface area contributed by atoms with Crippen LogP contribution in [0.1, 0.15) is 18.1 Å². The van der Waals surface area contributed by atoms with Crippen molar-refractivity contribution < 1.29 is 22.3 Å². The first-order valence-corrected chi connectivity index (χ1v) is 11.6. The van der Waals surface area contributed by atoms with Gasteiger partial charge in [0.05, 0.1) is 10.6 Å². The maximum absolute atomic E-state index is 13.0. The average molecular weight is 490 g/mol. The lowest BCUT2D eigenvalue weighted by molar-refractivity contribution is -0.118. The zero-order valence-corrected chi connectivity index (χ0v) is 19.4. The highest BCUT2D eigenvalue weighted by molar-refractivity contribution is 7.89. The van der Waals surface area contributed by atoms with Gasteiger partial charge in [-0.1, -0.05) is 23.7 Å². The Morgan fingerprint density at radius 2 is 1.82 bits per heavy atom. The highest BCUT2D eigenvalue weighted by Crippen LogP contribution is 2.22. The Bertz CT molecular complexity index is 1300. The van der Waals surface area contributed by atoms with Gasteiger partial charge in [0.2, 0.25) is 0 Å². The first-order chi connectivity index (χ1) is 15.6. The Labute approximate surface area is 196 Å². The molecule has 7 nitrogen and oxygen atoms in total. The van der Waals surface area contributed by atoms with Crippen molar-refractivity contribution in [3.63, 3.8) is 0 Å². The minimum atomic E-state index is -3.95. The van der Waals surface area contributed by atoms with E-state index < -0.39 is 15.8 Å². The van der Waals surface area contributed by atoms with Crippen molar-refractivity contribution >= 4 is 38.9 Å². The summed E-state index contributed by atoms with van der Waals surface area (Å²) in [4.78, 5) is 14.3. The monoisotopic (exact) mass is 489 g/mol. The number of carbonyl (C=O) groups excluding carboxylic acids is 1. The fraction of sp³-hybridized carbons (Fsp3) is 0.130. The molecule has 3 aromatic rings. The number of nitrogens with one attached hydrogen (secondary N) is 2. The largest absolute Gasteiger partial charge is 0.483 e. The molecule has 0 heterocycles. The van der Waals surface area contributed by atoms with Crippen LogP contribution in [-0.4, -0.2) is 26.6 Å². The maximum atomic E-state index is 13.0. The molecule has 0 aliphatic rings. The molecule has 0 unspecified atom stereocenters. The number of nitrogens with zero attached hydrogens (tertiary/aromatic N) is 1. The van der Waals surface area contributed by atoms with Crippen LogP contribution < -0.4 is 14.9 Å². The number of benzene rings is 3. The Hall–Kier alpha value is -3.43. The summed E-state index contributed by atoms with van der Waals surface area (Å²) in [6.07, 6.45) is 0. The summed E-state index contributed by atoms with van der Waals surface area (Å²) < 4.78 is 43.2. The molecule has 0 saturated carbocycles. The Balaban J connectivity index is 1.63. The molecule has 1 amide bonds. The van der Waals surface area contributed by atoms with Crippen molar-refractivity contribution in [2.75, 3.05) is 11.9 Å². The van der Waals surface area contributed by atoms with Crippen molar-refractivity contribution in [2.24, 2.45) is 5.10 Å². The van der Waals surface area contributed by atoms with Gasteiger partial charge in [-0.15, -0.1) is 0 Å².